The lowest BCUT2D eigenvalue weighted by Crippen LogP contribution is -2.53. The number of ether oxygens (including phenoxy) is 2. The summed E-state index contributed by atoms with van der Waals surface area (Å²) in [5.41, 5.74) is 5.49. The number of piperazine rings is 1. The standard InChI is InChI=1S/C42H52N8O7/c1-40(2,3)56-38(54)44-32(26-36(52)45-42(29-16-10-7-11-17-29,30-18-12-8-13-19-30)31-20-14-9-15-21-31)33-28-50(47-46-33)34(27-35(43)51)37(53)48-22-24-49(25-23-48)39(55)57-41(4,5)6/h7-21,28,32,34H,22-27H2,1-6H3,(H2,43,51)(H,44,54)(H,45,52)/t32-,34-/m0/s1. The van der Waals surface area contributed by atoms with Crippen molar-refractivity contribution in [2.45, 2.75) is 83.2 Å². The second-order valence-electron chi connectivity index (χ2n) is 15.9. The van der Waals surface area contributed by atoms with Gasteiger partial charge in [-0.25, -0.2) is 14.3 Å². The molecule has 1 aliphatic heterocycles. The normalized spacial score (nSPS) is 14.6. The van der Waals surface area contributed by atoms with Gasteiger partial charge in [0.25, 0.3) is 0 Å². The molecule has 3 aromatic carbocycles. The number of nitrogens with zero attached hydrogens (tertiary/aromatic N) is 5. The third-order valence-electron chi connectivity index (χ3n) is 9.15. The predicted molar refractivity (Wildman–Crippen MR) is 211 cm³/mol. The number of aromatic nitrogens is 3. The Morgan fingerprint density at radius 3 is 1.63 bits per heavy atom. The van der Waals surface area contributed by atoms with E-state index >= 15 is 0 Å². The topological polar surface area (TPSA) is 191 Å². The minimum absolute atomic E-state index is 0.137. The molecule has 15 heteroatoms. The maximum Gasteiger partial charge on any atom is 0.410 e. The summed E-state index contributed by atoms with van der Waals surface area (Å²) in [6.07, 6.45) is -0.580. The molecule has 0 aliphatic carbocycles. The van der Waals surface area contributed by atoms with Gasteiger partial charge in [-0.15, -0.1) is 5.10 Å². The molecule has 0 saturated carbocycles. The van der Waals surface area contributed by atoms with Gasteiger partial charge in [-0.2, -0.15) is 0 Å². The van der Waals surface area contributed by atoms with Crippen molar-refractivity contribution >= 4 is 29.9 Å². The van der Waals surface area contributed by atoms with Gasteiger partial charge < -0.3 is 35.6 Å². The summed E-state index contributed by atoms with van der Waals surface area (Å²) in [6.45, 7) is 11.3. The molecule has 5 rings (SSSR count). The van der Waals surface area contributed by atoms with E-state index < -0.39 is 65.2 Å². The van der Waals surface area contributed by atoms with Crippen molar-refractivity contribution in [1.29, 1.82) is 0 Å². The highest BCUT2D eigenvalue weighted by Crippen LogP contribution is 2.37. The molecule has 1 aliphatic rings. The van der Waals surface area contributed by atoms with E-state index in [-0.39, 0.29) is 38.3 Å². The van der Waals surface area contributed by atoms with Crippen molar-refractivity contribution in [2.24, 2.45) is 5.73 Å². The summed E-state index contributed by atoms with van der Waals surface area (Å²) in [4.78, 5) is 69.6. The van der Waals surface area contributed by atoms with Crippen LogP contribution < -0.4 is 16.4 Å². The molecule has 57 heavy (non-hydrogen) atoms. The van der Waals surface area contributed by atoms with E-state index in [1.165, 1.54) is 20.7 Å². The molecule has 0 bridgehead atoms. The van der Waals surface area contributed by atoms with Crippen LogP contribution in [0.25, 0.3) is 0 Å². The Morgan fingerprint density at radius 1 is 0.702 bits per heavy atom. The van der Waals surface area contributed by atoms with Gasteiger partial charge in [0.2, 0.25) is 17.7 Å². The summed E-state index contributed by atoms with van der Waals surface area (Å²) >= 11 is 0. The predicted octanol–water partition coefficient (Wildman–Crippen LogP) is 4.84. The summed E-state index contributed by atoms with van der Waals surface area (Å²) in [5.74, 6) is -1.66. The largest absolute Gasteiger partial charge is 0.444 e. The van der Waals surface area contributed by atoms with E-state index in [1.54, 1.807) is 41.5 Å². The average molecular weight is 781 g/mol. The van der Waals surface area contributed by atoms with Gasteiger partial charge in [0.15, 0.2) is 0 Å². The lowest BCUT2D eigenvalue weighted by molar-refractivity contribution is -0.139. The number of nitrogens with two attached hydrogens (primary N) is 1. The van der Waals surface area contributed by atoms with Gasteiger partial charge in [-0.3, -0.25) is 14.4 Å². The third kappa shape index (κ3) is 11.0. The quantitative estimate of drug-likeness (QED) is 0.169. The molecule has 0 spiro atoms. The Morgan fingerprint density at radius 2 is 1.18 bits per heavy atom. The molecule has 4 N–H and O–H groups in total. The molecule has 15 nitrogen and oxygen atoms in total. The van der Waals surface area contributed by atoms with Gasteiger partial charge in [0.05, 0.1) is 25.1 Å². The molecule has 0 radical (unpaired) electrons. The van der Waals surface area contributed by atoms with E-state index in [9.17, 15) is 24.0 Å². The van der Waals surface area contributed by atoms with E-state index in [0.29, 0.717) is 0 Å². The lowest BCUT2D eigenvalue weighted by atomic mass is 9.77. The van der Waals surface area contributed by atoms with Crippen molar-refractivity contribution in [2.75, 3.05) is 26.2 Å². The highest BCUT2D eigenvalue weighted by atomic mass is 16.6. The fourth-order valence-electron chi connectivity index (χ4n) is 6.64. The van der Waals surface area contributed by atoms with Crippen LogP contribution in [0.5, 0.6) is 0 Å². The van der Waals surface area contributed by atoms with Gasteiger partial charge >= 0.3 is 12.2 Å². The van der Waals surface area contributed by atoms with Crippen LogP contribution in [0.2, 0.25) is 0 Å². The second-order valence-corrected chi connectivity index (χ2v) is 15.9. The molecule has 2 atom stereocenters. The fraction of sp³-hybridized carbons (Fsp3) is 0.405. The van der Waals surface area contributed by atoms with E-state index in [1.807, 2.05) is 91.0 Å². The number of rotatable bonds is 12. The summed E-state index contributed by atoms with van der Waals surface area (Å²) in [7, 11) is 0. The number of amides is 5. The molecule has 5 amide bonds. The minimum Gasteiger partial charge on any atom is -0.444 e. The first kappa shape index (κ1) is 41.9. The average Bonchev–Trinajstić information content (AvgIpc) is 3.65. The number of benzene rings is 3. The zero-order valence-corrected chi connectivity index (χ0v) is 33.3. The number of carbonyl (C=O) groups excluding carboxylic acids is 5. The molecule has 0 unspecified atom stereocenters. The molecular formula is C42H52N8O7. The molecule has 302 valence electrons. The number of hydrogen-bond acceptors (Lipinski definition) is 9. The maximum absolute atomic E-state index is 14.5. The van der Waals surface area contributed by atoms with Crippen molar-refractivity contribution < 1.29 is 33.4 Å². The van der Waals surface area contributed by atoms with Crippen LogP contribution in [0.3, 0.4) is 0 Å². The zero-order valence-electron chi connectivity index (χ0n) is 33.3. The van der Waals surface area contributed by atoms with Crippen LogP contribution >= 0.6 is 0 Å². The summed E-state index contributed by atoms with van der Waals surface area (Å²) in [6, 6.07) is 26.5. The van der Waals surface area contributed by atoms with Crippen LogP contribution in [-0.4, -0.2) is 92.1 Å². The van der Waals surface area contributed by atoms with Gasteiger partial charge in [0, 0.05) is 26.2 Å². The van der Waals surface area contributed by atoms with Crippen LogP contribution in [0, 0.1) is 0 Å². The first-order chi connectivity index (χ1) is 26.9. The SMILES string of the molecule is CC(C)(C)OC(=O)N[C@@H](CC(=O)NC(c1ccccc1)(c1ccccc1)c1ccccc1)c1cn([C@@H](CC(N)=O)C(=O)N2CCN(C(=O)OC(C)(C)C)CC2)nn1. The Balaban J connectivity index is 1.45. The van der Waals surface area contributed by atoms with Gasteiger partial charge in [0.1, 0.15) is 28.5 Å². The fourth-order valence-corrected chi connectivity index (χ4v) is 6.64. The number of hydrogen-bond donors (Lipinski definition) is 3. The van der Waals surface area contributed by atoms with Crippen molar-refractivity contribution in [3.05, 3.63) is 120 Å². The molecular weight excluding hydrogens is 729 g/mol. The van der Waals surface area contributed by atoms with Crippen LogP contribution in [0.1, 0.15) is 88.9 Å². The second kappa shape index (κ2) is 17.7. The molecule has 4 aromatic rings. The van der Waals surface area contributed by atoms with Crippen molar-refractivity contribution in [3.63, 3.8) is 0 Å². The van der Waals surface area contributed by atoms with Gasteiger partial charge in [-0.05, 0) is 58.2 Å². The maximum atomic E-state index is 14.5. The minimum atomic E-state index is -1.19. The van der Waals surface area contributed by atoms with Crippen LogP contribution in [0.4, 0.5) is 9.59 Å². The lowest BCUT2D eigenvalue weighted by Gasteiger charge is -2.37. The first-order valence-electron chi connectivity index (χ1n) is 18.9. The Labute approximate surface area is 332 Å². The van der Waals surface area contributed by atoms with Crippen molar-refractivity contribution in [1.82, 2.24) is 35.4 Å². The summed E-state index contributed by atoms with van der Waals surface area (Å²) in [5, 5.41) is 14.6. The summed E-state index contributed by atoms with van der Waals surface area (Å²) < 4.78 is 12.3. The molecule has 1 aromatic heterocycles. The number of alkyl carbamates (subject to hydrolysis) is 1. The van der Waals surface area contributed by atoms with Gasteiger partial charge in [-0.1, -0.05) is 96.2 Å². The zero-order chi connectivity index (χ0) is 41.4. The van der Waals surface area contributed by atoms with E-state index in [4.69, 9.17) is 15.2 Å². The van der Waals surface area contributed by atoms with Crippen LogP contribution in [-0.2, 0) is 29.4 Å². The van der Waals surface area contributed by atoms with Crippen molar-refractivity contribution in [3.8, 4) is 0 Å². The highest BCUT2D eigenvalue weighted by molar-refractivity contribution is 5.86. The van der Waals surface area contributed by atoms with E-state index in [0.717, 1.165) is 16.7 Å². The Kier molecular flexibility index (Phi) is 13.0. The first-order valence-corrected chi connectivity index (χ1v) is 18.9. The number of nitrogens with one attached hydrogen (secondary N) is 2. The molecule has 1 fully saturated rings. The van der Waals surface area contributed by atoms with Crippen LogP contribution in [0.15, 0.2) is 97.2 Å². The molecule has 2 heterocycles. The Hall–Kier alpha value is -6.25. The molecule has 1 saturated heterocycles. The monoisotopic (exact) mass is 780 g/mol. The Bertz CT molecular complexity index is 1910. The third-order valence-corrected chi connectivity index (χ3v) is 9.15. The smallest absolute Gasteiger partial charge is 0.410 e. The van der Waals surface area contributed by atoms with E-state index in [2.05, 4.69) is 20.9 Å². The number of carbonyl (C=O) groups is 5. The highest BCUT2D eigenvalue weighted by Gasteiger charge is 2.39. The number of primary amides is 1.